The van der Waals surface area contributed by atoms with E-state index in [4.69, 9.17) is 14.0 Å². The molecule has 33 heavy (non-hydrogen) atoms. The first-order valence-electron chi connectivity index (χ1n) is 10.7. The average Bonchev–Trinajstić information content (AvgIpc) is 3.31. The lowest BCUT2D eigenvalue weighted by Gasteiger charge is -2.16. The van der Waals surface area contributed by atoms with Gasteiger partial charge in [-0.25, -0.2) is 0 Å². The number of carbonyl (C=O) groups is 1. The van der Waals surface area contributed by atoms with Crippen LogP contribution in [0.4, 0.5) is 0 Å². The maximum Gasteiger partial charge on any atom is 0.236 e. The van der Waals surface area contributed by atoms with Gasteiger partial charge in [-0.3, -0.25) is 4.79 Å². The van der Waals surface area contributed by atoms with Crippen LogP contribution in [0.2, 0.25) is 0 Å². The van der Waals surface area contributed by atoms with E-state index in [1.54, 1.807) is 26.4 Å². The lowest BCUT2D eigenvalue weighted by Crippen LogP contribution is -2.29. The molecule has 1 amide bonds. The molecule has 1 aromatic heterocycles. The number of hydrogen-bond acceptors (Lipinski definition) is 8. The van der Waals surface area contributed by atoms with Crippen LogP contribution < -0.4 is 14.8 Å². The summed E-state index contributed by atoms with van der Waals surface area (Å²) in [5.74, 6) is 2.98. The van der Waals surface area contributed by atoms with E-state index < -0.39 is 0 Å². The summed E-state index contributed by atoms with van der Waals surface area (Å²) in [6.07, 6.45) is 0.901. The Morgan fingerprint density at radius 2 is 1.91 bits per heavy atom. The molecule has 0 bridgehead atoms. The van der Waals surface area contributed by atoms with E-state index in [9.17, 15) is 4.79 Å². The highest BCUT2D eigenvalue weighted by molar-refractivity contribution is 7.99. The Bertz CT molecular complexity index is 1010. The summed E-state index contributed by atoms with van der Waals surface area (Å²) in [6, 6.07) is 15.8. The number of nitrogens with one attached hydrogen (secondary N) is 1. The van der Waals surface area contributed by atoms with Crippen LogP contribution in [0.25, 0.3) is 11.4 Å². The highest BCUT2D eigenvalue weighted by atomic mass is 32.2. The first-order valence-corrected chi connectivity index (χ1v) is 11.9. The van der Waals surface area contributed by atoms with Crippen molar-refractivity contribution >= 4 is 17.7 Å². The Morgan fingerprint density at radius 1 is 1.12 bits per heavy atom. The Morgan fingerprint density at radius 3 is 2.67 bits per heavy atom. The minimum atomic E-state index is 0.00495. The van der Waals surface area contributed by atoms with Gasteiger partial charge >= 0.3 is 0 Å². The second kappa shape index (κ2) is 12.9. The van der Waals surface area contributed by atoms with Gasteiger partial charge in [0.05, 0.1) is 25.7 Å². The molecule has 0 aliphatic heterocycles. The Balaban J connectivity index is 1.34. The number of ether oxygens (including phenoxy) is 2. The number of benzene rings is 2. The molecule has 176 valence electrons. The number of thioether (sulfide) groups is 1. The predicted octanol–water partition coefficient (Wildman–Crippen LogP) is 3.63. The number of nitrogens with zero attached hydrogens (tertiary/aromatic N) is 3. The number of hydrogen-bond donors (Lipinski definition) is 1. The van der Waals surface area contributed by atoms with Crippen molar-refractivity contribution in [2.24, 2.45) is 0 Å². The summed E-state index contributed by atoms with van der Waals surface area (Å²) >= 11 is 1.44. The van der Waals surface area contributed by atoms with Gasteiger partial charge in [0.2, 0.25) is 17.6 Å². The second-order valence-electron chi connectivity index (χ2n) is 7.50. The Hall–Kier alpha value is -3.04. The highest BCUT2D eigenvalue weighted by Gasteiger charge is 2.13. The van der Waals surface area contributed by atoms with Crippen molar-refractivity contribution in [3.05, 3.63) is 60.0 Å². The van der Waals surface area contributed by atoms with E-state index in [-0.39, 0.29) is 5.91 Å². The third-order valence-corrected chi connectivity index (χ3v) is 5.82. The van der Waals surface area contributed by atoms with Crippen molar-refractivity contribution in [1.29, 1.82) is 0 Å². The minimum absolute atomic E-state index is 0.00495. The fraction of sp³-hybridized carbons (Fsp3) is 0.375. The number of amides is 1. The van der Waals surface area contributed by atoms with Crippen molar-refractivity contribution in [2.75, 3.05) is 40.1 Å². The van der Waals surface area contributed by atoms with Gasteiger partial charge in [0.15, 0.2) is 11.5 Å². The normalized spacial score (nSPS) is 10.9. The van der Waals surface area contributed by atoms with Crippen molar-refractivity contribution in [1.82, 2.24) is 20.4 Å². The van der Waals surface area contributed by atoms with Gasteiger partial charge < -0.3 is 24.2 Å². The maximum absolute atomic E-state index is 12.1. The largest absolute Gasteiger partial charge is 0.493 e. The zero-order valence-corrected chi connectivity index (χ0v) is 20.1. The van der Waals surface area contributed by atoms with Crippen molar-refractivity contribution in [3.63, 3.8) is 0 Å². The van der Waals surface area contributed by atoms with Crippen LogP contribution in [-0.2, 0) is 17.1 Å². The predicted molar refractivity (Wildman–Crippen MR) is 129 cm³/mol. The van der Waals surface area contributed by atoms with Gasteiger partial charge in [-0.15, -0.1) is 11.8 Å². The first kappa shape index (κ1) is 24.6. The van der Waals surface area contributed by atoms with E-state index in [0.717, 1.165) is 25.1 Å². The second-order valence-corrected chi connectivity index (χ2v) is 8.49. The standard InChI is InChI=1S/C24H30N4O4S/c1-28(15-18-8-5-4-6-9-18)13-7-12-25-22(29)16-33-17-23-26-24(27-32-23)19-10-11-20(30-2)21(14-19)31-3/h4-6,8-11,14H,7,12-13,15-17H2,1-3H3,(H,25,29). The molecule has 2 aromatic carbocycles. The molecule has 0 radical (unpaired) electrons. The van der Waals surface area contributed by atoms with Crippen molar-refractivity contribution < 1.29 is 18.8 Å². The third kappa shape index (κ3) is 7.80. The maximum atomic E-state index is 12.1. The fourth-order valence-corrected chi connectivity index (χ4v) is 3.92. The Labute approximate surface area is 198 Å². The van der Waals surface area contributed by atoms with E-state index in [2.05, 4.69) is 39.5 Å². The number of methoxy groups -OCH3 is 2. The lowest BCUT2D eigenvalue weighted by molar-refractivity contribution is -0.118. The van der Waals surface area contributed by atoms with E-state index in [1.165, 1.54) is 17.3 Å². The average molecular weight is 471 g/mol. The molecule has 1 heterocycles. The SMILES string of the molecule is COc1ccc(-c2noc(CSCC(=O)NCCCN(C)Cc3ccccc3)n2)cc1OC. The molecule has 0 saturated carbocycles. The minimum Gasteiger partial charge on any atom is -0.493 e. The highest BCUT2D eigenvalue weighted by Crippen LogP contribution is 2.31. The molecule has 0 atom stereocenters. The topological polar surface area (TPSA) is 89.7 Å². The summed E-state index contributed by atoms with van der Waals surface area (Å²) < 4.78 is 15.9. The fourth-order valence-electron chi connectivity index (χ4n) is 3.24. The monoisotopic (exact) mass is 470 g/mol. The zero-order valence-electron chi connectivity index (χ0n) is 19.2. The van der Waals surface area contributed by atoms with Gasteiger partial charge in [-0.1, -0.05) is 35.5 Å². The molecule has 0 saturated heterocycles. The summed E-state index contributed by atoms with van der Waals surface area (Å²) in [5, 5.41) is 6.99. The molecular formula is C24H30N4O4S. The van der Waals surface area contributed by atoms with Crippen molar-refractivity contribution in [2.45, 2.75) is 18.7 Å². The first-order chi connectivity index (χ1) is 16.1. The van der Waals surface area contributed by atoms with Gasteiger partial charge in [-0.2, -0.15) is 4.98 Å². The molecule has 0 spiro atoms. The number of rotatable bonds is 13. The van der Waals surface area contributed by atoms with Crippen LogP contribution in [0, 0.1) is 0 Å². The number of aromatic nitrogens is 2. The van der Waals surface area contributed by atoms with E-state index in [0.29, 0.717) is 41.3 Å². The molecule has 0 unspecified atom stereocenters. The molecular weight excluding hydrogens is 440 g/mol. The molecule has 3 rings (SSSR count). The van der Waals surface area contributed by atoms with Gasteiger partial charge in [0.25, 0.3) is 0 Å². The molecule has 0 aliphatic carbocycles. The summed E-state index contributed by atoms with van der Waals surface area (Å²) in [5.41, 5.74) is 2.05. The lowest BCUT2D eigenvalue weighted by atomic mass is 10.2. The van der Waals surface area contributed by atoms with E-state index >= 15 is 0 Å². The molecule has 1 N–H and O–H groups in total. The molecule has 9 heteroatoms. The summed E-state index contributed by atoms with van der Waals surface area (Å²) in [7, 11) is 5.25. The molecule has 0 aliphatic rings. The summed E-state index contributed by atoms with van der Waals surface area (Å²) in [6.45, 7) is 2.48. The van der Waals surface area contributed by atoms with Crippen LogP contribution >= 0.6 is 11.8 Å². The van der Waals surface area contributed by atoms with Gasteiger partial charge in [0.1, 0.15) is 0 Å². The Kier molecular flexibility index (Phi) is 9.59. The zero-order chi connectivity index (χ0) is 23.5. The van der Waals surface area contributed by atoms with Gasteiger partial charge in [-0.05, 0) is 43.8 Å². The third-order valence-electron chi connectivity index (χ3n) is 4.90. The van der Waals surface area contributed by atoms with Crippen LogP contribution in [0.3, 0.4) is 0 Å². The van der Waals surface area contributed by atoms with E-state index in [1.807, 2.05) is 24.3 Å². The summed E-state index contributed by atoms with van der Waals surface area (Å²) in [4.78, 5) is 18.7. The number of carbonyl (C=O) groups excluding carboxylic acids is 1. The smallest absolute Gasteiger partial charge is 0.236 e. The van der Waals surface area contributed by atoms with Crippen molar-refractivity contribution in [3.8, 4) is 22.9 Å². The van der Waals surface area contributed by atoms with Gasteiger partial charge in [0, 0.05) is 18.7 Å². The molecule has 8 nitrogen and oxygen atoms in total. The molecule has 3 aromatic rings. The van der Waals surface area contributed by atoms with Crippen LogP contribution in [0.5, 0.6) is 11.5 Å². The van der Waals surface area contributed by atoms with Crippen LogP contribution in [0.1, 0.15) is 17.9 Å². The molecule has 0 fully saturated rings. The van der Waals surface area contributed by atoms with Crippen LogP contribution in [0.15, 0.2) is 53.1 Å². The van der Waals surface area contributed by atoms with Crippen LogP contribution in [-0.4, -0.2) is 61.1 Å². The quantitative estimate of drug-likeness (QED) is 0.379.